The van der Waals surface area contributed by atoms with E-state index < -0.39 is 5.91 Å². The van der Waals surface area contributed by atoms with Crippen molar-refractivity contribution in [1.82, 2.24) is 20.6 Å². The maximum absolute atomic E-state index is 10.9. The number of H-pyrrole nitrogens is 1. The maximum atomic E-state index is 10.9. The minimum Gasteiger partial charge on any atom is -0.365 e. The Morgan fingerprint density at radius 2 is 2.46 bits per heavy atom. The van der Waals surface area contributed by atoms with Crippen LogP contribution < -0.4 is 5.73 Å². The van der Waals surface area contributed by atoms with Crippen LogP contribution >= 0.6 is 11.3 Å². The summed E-state index contributed by atoms with van der Waals surface area (Å²) in [7, 11) is 0. The molecule has 66 valence electrons. The van der Waals surface area contributed by atoms with E-state index in [0.29, 0.717) is 16.3 Å². The van der Waals surface area contributed by atoms with Gasteiger partial charge in [-0.1, -0.05) is 0 Å². The Kier molecular flexibility index (Phi) is 1.78. The lowest BCUT2D eigenvalue weighted by Crippen LogP contribution is -2.10. The molecular weight excluding hydrogens is 190 g/mol. The summed E-state index contributed by atoms with van der Waals surface area (Å²) in [5.41, 5.74) is 5.77. The van der Waals surface area contributed by atoms with Crippen molar-refractivity contribution in [2.24, 2.45) is 5.73 Å². The van der Waals surface area contributed by atoms with Crippen LogP contribution in [0.15, 0.2) is 11.4 Å². The molecule has 13 heavy (non-hydrogen) atoms. The highest BCUT2D eigenvalue weighted by atomic mass is 32.1. The number of carbonyl (C=O) groups is 1. The molecule has 0 aliphatic heterocycles. The average molecular weight is 195 g/mol. The fourth-order valence-corrected chi connectivity index (χ4v) is 1.69. The Bertz CT molecular complexity index is 420. The molecular formula is C6H5N5OS. The summed E-state index contributed by atoms with van der Waals surface area (Å²) in [6, 6.07) is 1.73. The summed E-state index contributed by atoms with van der Waals surface area (Å²) in [5, 5.41) is 15.0. The fraction of sp³-hybridized carbons (Fsp3) is 0. The summed E-state index contributed by atoms with van der Waals surface area (Å²) < 4.78 is 0. The van der Waals surface area contributed by atoms with Crippen molar-refractivity contribution < 1.29 is 4.79 Å². The van der Waals surface area contributed by atoms with Gasteiger partial charge in [-0.15, -0.1) is 21.5 Å². The molecule has 0 fully saturated rings. The second-order valence-corrected chi connectivity index (χ2v) is 3.18. The number of rotatable bonds is 2. The highest BCUT2D eigenvalue weighted by Crippen LogP contribution is 2.23. The van der Waals surface area contributed by atoms with Gasteiger partial charge in [-0.25, -0.2) is 0 Å². The molecule has 0 saturated heterocycles. The molecule has 0 radical (unpaired) electrons. The number of aromatic nitrogens is 4. The third kappa shape index (κ3) is 1.29. The van der Waals surface area contributed by atoms with Crippen LogP contribution in [0.2, 0.25) is 0 Å². The Morgan fingerprint density at radius 1 is 1.62 bits per heavy atom. The number of hydrogen-bond acceptors (Lipinski definition) is 5. The molecule has 6 nitrogen and oxygen atoms in total. The lowest BCUT2D eigenvalue weighted by molar-refractivity contribution is 0.100. The molecule has 0 aromatic carbocycles. The van der Waals surface area contributed by atoms with Crippen molar-refractivity contribution in [1.29, 1.82) is 0 Å². The van der Waals surface area contributed by atoms with E-state index in [9.17, 15) is 4.79 Å². The first kappa shape index (κ1) is 7.87. The SMILES string of the molecule is NC(=O)c1sccc1-c1nn[nH]n1. The Hall–Kier alpha value is -1.76. The largest absolute Gasteiger partial charge is 0.365 e. The summed E-state index contributed by atoms with van der Waals surface area (Å²) in [4.78, 5) is 11.4. The van der Waals surface area contributed by atoms with Crippen LogP contribution in [0.25, 0.3) is 11.4 Å². The molecule has 0 spiro atoms. The molecule has 2 aromatic rings. The number of nitrogens with zero attached hydrogens (tertiary/aromatic N) is 3. The Labute approximate surface area is 76.8 Å². The monoisotopic (exact) mass is 195 g/mol. The van der Waals surface area contributed by atoms with Gasteiger partial charge in [0.15, 0.2) is 0 Å². The number of amides is 1. The molecule has 2 aromatic heterocycles. The first-order valence-corrected chi connectivity index (χ1v) is 4.28. The molecule has 0 bridgehead atoms. The Morgan fingerprint density at radius 3 is 3.08 bits per heavy atom. The van der Waals surface area contributed by atoms with E-state index in [1.807, 2.05) is 0 Å². The molecule has 0 aliphatic rings. The van der Waals surface area contributed by atoms with E-state index in [1.165, 1.54) is 11.3 Å². The molecule has 0 saturated carbocycles. The third-order valence-electron chi connectivity index (χ3n) is 1.48. The molecule has 2 rings (SSSR count). The molecule has 1 amide bonds. The lowest BCUT2D eigenvalue weighted by Gasteiger charge is -1.91. The zero-order chi connectivity index (χ0) is 9.26. The Balaban J connectivity index is 2.52. The van der Waals surface area contributed by atoms with Gasteiger partial charge in [-0.3, -0.25) is 4.79 Å². The van der Waals surface area contributed by atoms with Crippen LogP contribution in [-0.4, -0.2) is 26.5 Å². The normalized spacial score (nSPS) is 10.2. The molecule has 2 heterocycles. The van der Waals surface area contributed by atoms with Gasteiger partial charge in [0.25, 0.3) is 5.91 Å². The minimum absolute atomic E-state index is 0.384. The van der Waals surface area contributed by atoms with Crippen LogP contribution in [-0.2, 0) is 0 Å². The van der Waals surface area contributed by atoms with E-state index in [1.54, 1.807) is 11.4 Å². The van der Waals surface area contributed by atoms with Crippen molar-refractivity contribution in [2.75, 3.05) is 0 Å². The second-order valence-electron chi connectivity index (χ2n) is 2.26. The van der Waals surface area contributed by atoms with Gasteiger partial charge in [-0.05, 0) is 16.7 Å². The first-order valence-electron chi connectivity index (χ1n) is 3.40. The number of nitrogens with one attached hydrogen (secondary N) is 1. The highest BCUT2D eigenvalue weighted by Gasteiger charge is 2.14. The number of tetrazole rings is 1. The number of nitrogens with two attached hydrogens (primary N) is 1. The topological polar surface area (TPSA) is 97.5 Å². The zero-order valence-corrected chi connectivity index (χ0v) is 7.21. The molecule has 0 aliphatic carbocycles. The smallest absolute Gasteiger partial charge is 0.259 e. The van der Waals surface area contributed by atoms with E-state index in [-0.39, 0.29) is 0 Å². The molecule has 0 atom stereocenters. The average Bonchev–Trinajstić information content (AvgIpc) is 2.74. The number of primary amides is 1. The van der Waals surface area contributed by atoms with Crippen LogP contribution in [0.1, 0.15) is 9.67 Å². The van der Waals surface area contributed by atoms with Crippen LogP contribution in [0.3, 0.4) is 0 Å². The van der Waals surface area contributed by atoms with Crippen LogP contribution in [0.4, 0.5) is 0 Å². The zero-order valence-electron chi connectivity index (χ0n) is 6.39. The van der Waals surface area contributed by atoms with Crippen LogP contribution in [0, 0.1) is 0 Å². The van der Waals surface area contributed by atoms with Crippen molar-refractivity contribution >= 4 is 17.2 Å². The van der Waals surface area contributed by atoms with Gasteiger partial charge in [0.05, 0.1) is 0 Å². The van der Waals surface area contributed by atoms with Gasteiger partial charge < -0.3 is 5.73 Å². The predicted octanol–water partition coefficient (Wildman–Crippen LogP) is 0.0271. The molecule has 0 unspecified atom stereocenters. The van der Waals surface area contributed by atoms with Gasteiger partial charge in [0, 0.05) is 5.56 Å². The first-order chi connectivity index (χ1) is 6.29. The number of hydrogen-bond donors (Lipinski definition) is 2. The molecule has 7 heteroatoms. The standard InChI is InChI=1S/C6H5N5OS/c7-5(12)4-3(1-2-13-4)6-8-10-11-9-6/h1-2H,(H2,7,12)(H,8,9,10,11). The van der Waals surface area contributed by atoms with E-state index >= 15 is 0 Å². The quantitative estimate of drug-likeness (QED) is 0.706. The van der Waals surface area contributed by atoms with Gasteiger partial charge in [0.2, 0.25) is 5.82 Å². The van der Waals surface area contributed by atoms with E-state index in [4.69, 9.17) is 5.73 Å². The van der Waals surface area contributed by atoms with Gasteiger partial charge in [-0.2, -0.15) is 5.21 Å². The predicted molar refractivity (Wildman–Crippen MR) is 46.0 cm³/mol. The fourth-order valence-electron chi connectivity index (χ4n) is 0.952. The third-order valence-corrected chi connectivity index (χ3v) is 2.40. The summed E-state index contributed by atoms with van der Waals surface area (Å²) in [6.07, 6.45) is 0. The van der Waals surface area contributed by atoms with Crippen molar-refractivity contribution in [3.05, 3.63) is 16.3 Å². The second kappa shape index (κ2) is 2.94. The van der Waals surface area contributed by atoms with E-state index in [0.717, 1.165) is 0 Å². The summed E-state index contributed by atoms with van der Waals surface area (Å²) in [6.45, 7) is 0. The minimum atomic E-state index is -0.477. The maximum Gasteiger partial charge on any atom is 0.259 e. The summed E-state index contributed by atoms with van der Waals surface area (Å²) in [5.74, 6) is -0.0927. The van der Waals surface area contributed by atoms with Crippen LogP contribution in [0.5, 0.6) is 0 Å². The van der Waals surface area contributed by atoms with Crippen molar-refractivity contribution in [2.45, 2.75) is 0 Å². The van der Waals surface area contributed by atoms with Crippen molar-refractivity contribution in [3.63, 3.8) is 0 Å². The van der Waals surface area contributed by atoms with Gasteiger partial charge in [0.1, 0.15) is 4.88 Å². The highest BCUT2D eigenvalue weighted by molar-refractivity contribution is 7.12. The number of thiophene rings is 1. The molecule has 3 N–H and O–H groups in total. The lowest BCUT2D eigenvalue weighted by atomic mass is 10.2. The van der Waals surface area contributed by atoms with Gasteiger partial charge >= 0.3 is 0 Å². The number of carbonyl (C=O) groups excluding carboxylic acids is 1. The van der Waals surface area contributed by atoms with Crippen molar-refractivity contribution in [3.8, 4) is 11.4 Å². The summed E-state index contributed by atoms with van der Waals surface area (Å²) >= 11 is 1.26. The van der Waals surface area contributed by atoms with E-state index in [2.05, 4.69) is 20.6 Å². The number of aromatic amines is 1.